The molecule has 0 rings (SSSR count). The first-order valence-corrected chi connectivity index (χ1v) is 2.35. The Kier molecular flexibility index (Phi) is 1.62. The Labute approximate surface area is 47.3 Å². The lowest BCUT2D eigenvalue weighted by molar-refractivity contribution is -0.148. The molecule has 0 aliphatic heterocycles. The molecule has 0 atom stereocenters. The quantitative estimate of drug-likeness (QED) is 0.560. The summed E-state index contributed by atoms with van der Waals surface area (Å²) < 4.78 is 24.0. The van der Waals surface area contributed by atoms with E-state index in [4.69, 9.17) is 5.11 Å². The van der Waals surface area contributed by atoms with Gasteiger partial charge in [0.05, 0.1) is 0 Å². The molecule has 0 fully saturated rings. The highest BCUT2D eigenvalue weighted by atomic mass is 19.3. The second-order valence-corrected chi connectivity index (χ2v) is 2.45. The van der Waals surface area contributed by atoms with E-state index in [0.717, 1.165) is 13.8 Å². The molecular formula is C5H10F2O. The first-order chi connectivity index (χ1) is 3.25. The van der Waals surface area contributed by atoms with Crippen molar-refractivity contribution in [3.63, 3.8) is 0 Å². The zero-order valence-electron chi connectivity index (χ0n) is 5.20. The van der Waals surface area contributed by atoms with Crippen LogP contribution in [-0.2, 0) is 0 Å². The van der Waals surface area contributed by atoms with Gasteiger partial charge in [-0.25, -0.2) is 8.78 Å². The third-order valence-electron chi connectivity index (χ3n) is 1.07. The summed E-state index contributed by atoms with van der Waals surface area (Å²) in [5, 5.41) is 8.60. The predicted octanol–water partition coefficient (Wildman–Crippen LogP) is 1.41. The van der Waals surface area contributed by atoms with Crippen LogP contribution in [0.5, 0.6) is 0 Å². The molecule has 0 spiro atoms. The first-order valence-electron chi connectivity index (χ1n) is 2.35. The van der Waals surface area contributed by atoms with Crippen LogP contribution in [0.15, 0.2) is 0 Å². The minimum atomic E-state index is -3.01. The molecule has 1 nitrogen and oxygen atoms in total. The predicted molar refractivity (Wildman–Crippen MR) is 26.9 cm³/mol. The maximum absolute atomic E-state index is 12.0. The molecule has 0 aliphatic carbocycles. The zero-order chi connectivity index (χ0) is 7.00. The normalized spacial score (nSPS) is 14.2. The van der Waals surface area contributed by atoms with Crippen molar-refractivity contribution >= 4 is 0 Å². The fourth-order valence-corrected chi connectivity index (χ4v) is 0. The number of rotatable bonds is 1. The van der Waals surface area contributed by atoms with E-state index in [1.165, 1.54) is 0 Å². The minimum absolute atomic E-state index is 0.688. The van der Waals surface area contributed by atoms with Gasteiger partial charge in [0.1, 0.15) is 5.60 Å². The van der Waals surface area contributed by atoms with Gasteiger partial charge in [-0.2, -0.15) is 0 Å². The van der Waals surface area contributed by atoms with Crippen LogP contribution in [0, 0.1) is 0 Å². The largest absolute Gasteiger partial charge is 0.384 e. The highest BCUT2D eigenvalue weighted by Gasteiger charge is 2.39. The lowest BCUT2D eigenvalue weighted by Gasteiger charge is -2.24. The maximum Gasteiger partial charge on any atom is 0.272 e. The summed E-state index contributed by atoms with van der Waals surface area (Å²) in [4.78, 5) is 0. The van der Waals surface area contributed by atoms with E-state index >= 15 is 0 Å². The summed E-state index contributed by atoms with van der Waals surface area (Å²) in [6.45, 7) is 2.84. The van der Waals surface area contributed by atoms with Gasteiger partial charge in [0.25, 0.3) is 5.92 Å². The van der Waals surface area contributed by atoms with Crippen LogP contribution in [0.4, 0.5) is 8.78 Å². The van der Waals surface area contributed by atoms with Gasteiger partial charge in [0.2, 0.25) is 0 Å². The van der Waals surface area contributed by atoms with Crippen LogP contribution in [0.3, 0.4) is 0 Å². The Morgan fingerprint density at radius 1 is 1.12 bits per heavy atom. The van der Waals surface area contributed by atoms with Crippen molar-refractivity contribution in [2.45, 2.75) is 32.3 Å². The summed E-state index contributed by atoms with van der Waals surface area (Å²) >= 11 is 0. The number of hydrogen-bond donors (Lipinski definition) is 1. The van der Waals surface area contributed by atoms with Gasteiger partial charge >= 0.3 is 0 Å². The average molecular weight is 124 g/mol. The van der Waals surface area contributed by atoms with E-state index in [-0.39, 0.29) is 0 Å². The van der Waals surface area contributed by atoms with Crippen molar-refractivity contribution in [3.8, 4) is 0 Å². The monoisotopic (exact) mass is 124 g/mol. The fourth-order valence-electron chi connectivity index (χ4n) is 0. The molecule has 0 aliphatic rings. The van der Waals surface area contributed by atoms with Crippen LogP contribution in [0.1, 0.15) is 20.8 Å². The molecule has 50 valence electrons. The van der Waals surface area contributed by atoms with Crippen molar-refractivity contribution in [1.29, 1.82) is 0 Å². The molecular weight excluding hydrogens is 114 g/mol. The van der Waals surface area contributed by atoms with Gasteiger partial charge in [-0.05, 0) is 13.8 Å². The van der Waals surface area contributed by atoms with E-state index < -0.39 is 11.5 Å². The molecule has 0 heterocycles. The van der Waals surface area contributed by atoms with Crippen LogP contribution < -0.4 is 0 Å². The zero-order valence-corrected chi connectivity index (χ0v) is 5.20. The van der Waals surface area contributed by atoms with Crippen molar-refractivity contribution in [2.24, 2.45) is 0 Å². The van der Waals surface area contributed by atoms with E-state index in [9.17, 15) is 8.78 Å². The van der Waals surface area contributed by atoms with Crippen molar-refractivity contribution in [3.05, 3.63) is 0 Å². The van der Waals surface area contributed by atoms with E-state index in [1.54, 1.807) is 0 Å². The molecule has 3 heteroatoms. The Hall–Kier alpha value is -0.180. The lowest BCUT2D eigenvalue weighted by atomic mass is 10.0. The lowest BCUT2D eigenvalue weighted by Crippen LogP contribution is -2.39. The Morgan fingerprint density at radius 2 is 1.25 bits per heavy atom. The second kappa shape index (κ2) is 1.65. The summed E-state index contributed by atoms with van der Waals surface area (Å²) in [5.41, 5.74) is -1.90. The summed E-state index contributed by atoms with van der Waals surface area (Å²) in [6.07, 6.45) is 0. The fraction of sp³-hybridized carbons (Fsp3) is 1.00. The molecule has 0 unspecified atom stereocenters. The van der Waals surface area contributed by atoms with E-state index in [1.807, 2.05) is 0 Å². The summed E-state index contributed by atoms with van der Waals surface area (Å²) in [6, 6.07) is 0. The minimum Gasteiger partial charge on any atom is -0.384 e. The Bertz CT molecular complexity index is 65.4. The number of hydrogen-bond acceptors (Lipinski definition) is 1. The van der Waals surface area contributed by atoms with Gasteiger partial charge in [-0.3, -0.25) is 0 Å². The maximum atomic E-state index is 12.0. The molecule has 0 aromatic rings. The van der Waals surface area contributed by atoms with Gasteiger partial charge in [-0.15, -0.1) is 0 Å². The van der Waals surface area contributed by atoms with Crippen LogP contribution in [0.25, 0.3) is 0 Å². The van der Waals surface area contributed by atoms with E-state index in [0.29, 0.717) is 6.92 Å². The second-order valence-electron chi connectivity index (χ2n) is 2.45. The standard InChI is InChI=1S/C5H10F2O/c1-4(2,8)5(3,6)7/h8H,1-3H3. The van der Waals surface area contributed by atoms with Crippen molar-refractivity contribution in [2.75, 3.05) is 0 Å². The van der Waals surface area contributed by atoms with Crippen LogP contribution in [-0.4, -0.2) is 16.6 Å². The van der Waals surface area contributed by atoms with Gasteiger partial charge in [0.15, 0.2) is 0 Å². The summed E-state index contributed by atoms with van der Waals surface area (Å²) in [5.74, 6) is -3.01. The van der Waals surface area contributed by atoms with Crippen LogP contribution in [0.2, 0.25) is 0 Å². The van der Waals surface area contributed by atoms with Crippen molar-refractivity contribution < 1.29 is 13.9 Å². The van der Waals surface area contributed by atoms with Gasteiger partial charge in [-0.1, -0.05) is 0 Å². The Balaban J connectivity index is 4.02. The van der Waals surface area contributed by atoms with Gasteiger partial charge < -0.3 is 5.11 Å². The molecule has 1 N–H and O–H groups in total. The molecule has 0 bridgehead atoms. The first kappa shape index (κ1) is 7.82. The molecule has 8 heavy (non-hydrogen) atoms. The van der Waals surface area contributed by atoms with E-state index in [2.05, 4.69) is 0 Å². The highest BCUT2D eigenvalue weighted by Crippen LogP contribution is 2.26. The summed E-state index contributed by atoms with van der Waals surface area (Å²) in [7, 11) is 0. The number of aliphatic hydroxyl groups is 1. The average Bonchev–Trinajstić information content (AvgIpc) is 1.25. The topological polar surface area (TPSA) is 20.2 Å². The molecule has 0 aromatic carbocycles. The molecule has 0 amide bonds. The van der Waals surface area contributed by atoms with Gasteiger partial charge in [0, 0.05) is 6.92 Å². The SMILES string of the molecule is CC(C)(O)C(C)(F)F. The highest BCUT2D eigenvalue weighted by molar-refractivity contribution is 4.79. The number of halogens is 2. The molecule has 0 saturated carbocycles. The number of alkyl halides is 2. The molecule has 0 radical (unpaired) electrons. The van der Waals surface area contributed by atoms with Crippen LogP contribution >= 0.6 is 0 Å². The smallest absolute Gasteiger partial charge is 0.272 e. The third kappa shape index (κ3) is 1.74. The molecule has 0 aromatic heterocycles. The Morgan fingerprint density at radius 3 is 1.25 bits per heavy atom. The van der Waals surface area contributed by atoms with Crippen molar-refractivity contribution in [1.82, 2.24) is 0 Å². The molecule has 0 saturated heterocycles. The third-order valence-corrected chi connectivity index (χ3v) is 1.07.